The first-order valence-corrected chi connectivity index (χ1v) is 5.93. The first kappa shape index (κ1) is 7.98. The molecule has 1 saturated carbocycles. The van der Waals surface area contributed by atoms with Gasteiger partial charge in [-0.1, -0.05) is 24.3 Å². The molecule has 2 unspecified atom stereocenters. The van der Waals surface area contributed by atoms with Crippen LogP contribution in [0.3, 0.4) is 0 Å². The standard InChI is InChI=1S/C14H15N/c1-15-13-5-3-2-4-11(13)12-7-9-6-10(9)8-14(12)15/h4-5,7-10H,2-3,6H2,1H3. The molecular weight excluding hydrogens is 182 g/mol. The predicted octanol–water partition coefficient (Wildman–Crippen LogP) is -0.409. The largest absolute Gasteiger partial charge is 0.344 e. The summed E-state index contributed by atoms with van der Waals surface area (Å²) < 4.78 is 2.38. The van der Waals surface area contributed by atoms with Crippen LogP contribution in [0.4, 0.5) is 0 Å². The number of aromatic nitrogens is 1. The van der Waals surface area contributed by atoms with Crippen molar-refractivity contribution in [2.75, 3.05) is 0 Å². The maximum absolute atomic E-state index is 2.51. The number of hydrogen-bond donors (Lipinski definition) is 0. The molecule has 0 radical (unpaired) electrons. The van der Waals surface area contributed by atoms with E-state index in [1.807, 2.05) is 0 Å². The second-order valence-corrected chi connectivity index (χ2v) is 5.04. The van der Waals surface area contributed by atoms with E-state index in [1.54, 1.807) is 0 Å². The van der Waals surface area contributed by atoms with Crippen molar-refractivity contribution in [2.24, 2.45) is 18.9 Å². The van der Waals surface area contributed by atoms with E-state index in [1.165, 1.54) is 40.4 Å². The lowest BCUT2D eigenvalue weighted by Crippen LogP contribution is -2.39. The highest BCUT2D eigenvalue weighted by atomic mass is 14.9. The molecule has 1 heterocycles. The molecule has 3 aliphatic carbocycles. The zero-order valence-electron chi connectivity index (χ0n) is 9.03. The van der Waals surface area contributed by atoms with E-state index in [2.05, 4.69) is 35.9 Å². The molecule has 0 aromatic carbocycles. The molecule has 0 spiro atoms. The van der Waals surface area contributed by atoms with Crippen LogP contribution in [0, 0.1) is 11.8 Å². The molecule has 1 fully saturated rings. The lowest BCUT2D eigenvalue weighted by molar-refractivity contribution is 0.837. The van der Waals surface area contributed by atoms with Gasteiger partial charge in [0, 0.05) is 28.2 Å². The fraction of sp³-hybridized carbons (Fsp3) is 0.429. The maximum atomic E-state index is 2.51. The number of hydrogen-bond acceptors (Lipinski definition) is 0. The van der Waals surface area contributed by atoms with Crippen molar-refractivity contribution < 1.29 is 0 Å². The second-order valence-electron chi connectivity index (χ2n) is 5.04. The first-order chi connectivity index (χ1) is 7.34. The summed E-state index contributed by atoms with van der Waals surface area (Å²) in [6.45, 7) is 0. The van der Waals surface area contributed by atoms with Crippen molar-refractivity contribution >= 4 is 24.3 Å². The fourth-order valence-corrected chi connectivity index (χ4v) is 3.09. The molecule has 0 saturated heterocycles. The third kappa shape index (κ3) is 0.935. The van der Waals surface area contributed by atoms with Crippen LogP contribution >= 0.6 is 0 Å². The van der Waals surface area contributed by atoms with Crippen LogP contribution < -0.4 is 21.1 Å². The van der Waals surface area contributed by atoms with E-state index in [0.29, 0.717) is 0 Å². The number of rotatable bonds is 0. The average Bonchev–Trinajstić information content (AvgIpc) is 2.99. The van der Waals surface area contributed by atoms with E-state index in [-0.39, 0.29) is 0 Å². The van der Waals surface area contributed by atoms with Gasteiger partial charge in [-0.25, -0.2) is 0 Å². The molecule has 3 aliphatic rings. The normalized spacial score (nSPS) is 29.7. The van der Waals surface area contributed by atoms with Gasteiger partial charge in [0.2, 0.25) is 0 Å². The summed E-state index contributed by atoms with van der Waals surface area (Å²) in [6.07, 6.45) is 13.6. The Balaban J connectivity index is 2.31. The van der Waals surface area contributed by atoms with E-state index >= 15 is 0 Å². The van der Waals surface area contributed by atoms with Crippen LogP contribution in [0.2, 0.25) is 0 Å². The van der Waals surface area contributed by atoms with Crippen LogP contribution in [0.15, 0.2) is 0 Å². The maximum Gasteiger partial charge on any atom is 0.0447 e. The minimum atomic E-state index is 0.854. The molecular formula is C14H15N. The van der Waals surface area contributed by atoms with Crippen molar-refractivity contribution in [3.05, 3.63) is 21.1 Å². The van der Waals surface area contributed by atoms with E-state index in [4.69, 9.17) is 0 Å². The molecule has 1 heteroatoms. The summed E-state index contributed by atoms with van der Waals surface area (Å²) in [5.41, 5.74) is 0. The summed E-state index contributed by atoms with van der Waals surface area (Å²) in [7, 11) is 2.21. The smallest absolute Gasteiger partial charge is 0.0447 e. The third-order valence-electron chi connectivity index (χ3n) is 4.06. The molecule has 0 N–H and O–H groups in total. The second kappa shape index (κ2) is 2.46. The highest BCUT2D eigenvalue weighted by molar-refractivity contribution is 5.51. The Bertz CT molecular complexity index is 672. The Labute approximate surface area is 88.7 Å². The van der Waals surface area contributed by atoms with Crippen molar-refractivity contribution in [3.8, 4) is 0 Å². The summed E-state index contributed by atoms with van der Waals surface area (Å²) in [5.74, 6) is 1.71. The Morgan fingerprint density at radius 1 is 1.00 bits per heavy atom. The Hall–Kier alpha value is -1.24. The molecule has 0 aliphatic heterocycles. The average molecular weight is 197 g/mol. The third-order valence-corrected chi connectivity index (χ3v) is 4.06. The molecule has 76 valence electrons. The van der Waals surface area contributed by atoms with Gasteiger partial charge >= 0.3 is 0 Å². The molecule has 15 heavy (non-hydrogen) atoms. The first-order valence-electron chi connectivity index (χ1n) is 5.93. The minimum absolute atomic E-state index is 0.854. The highest BCUT2D eigenvalue weighted by Gasteiger charge is 2.35. The Morgan fingerprint density at radius 3 is 2.73 bits per heavy atom. The van der Waals surface area contributed by atoms with Crippen LogP contribution in [0.1, 0.15) is 19.3 Å². The van der Waals surface area contributed by atoms with Gasteiger partial charge in [-0.05, 0) is 31.1 Å². The number of nitrogens with zero attached hydrogens (tertiary/aromatic N) is 1. The van der Waals surface area contributed by atoms with E-state index < -0.39 is 0 Å². The van der Waals surface area contributed by atoms with Gasteiger partial charge in [0.05, 0.1) is 0 Å². The Morgan fingerprint density at radius 2 is 1.80 bits per heavy atom. The van der Waals surface area contributed by atoms with Gasteiger partial charge in [0.15, 0.2) is 0 Å². The summed E-state index contributed by atoms with van der Waals surface area (Å²) in [6, 6.07) is 0. The summed E-state index contributed by atoms with van der Waals surface area (Å²) in [5, 5.41) is 5.93. The molecule has 0 amide bonds. The molecule has 0 bridgehead atoms. The molecule has 1 aromatic heterocycles. The van der Waals surface area contributed by atoms with E-state index in [0.717, 1.165) is 11.8 Å². The van der Waals surface area contributed by atoms with Gasteiger partial charge in [-0.2, -0.15) is 0 Å². The minimum Gasteiger partial charge on any atom is -0.344 e. The number of fused-ring (bicyclic) bond motifs is 4. The molecule has 1 nitrogen and oxygen atoms in total. The van der Waals surface area contributed by atoms with Gasteiger partial charge < -0.3 is 4.57 Å². The quantitative estimate of drug-likeness (QED) is 0.533. The van der Waals surface area contributed by atoms with E-state index in [9.17, 15) is 0 Å². The van der Waals surface area contributed by atoms with Gasteiger partial charge in [-0.15, -0.1) is 0 Å². The molecule has 1 aromatic rings. The lowest BCUT2D eigenvalue weighted by Gasteiger charge is -1.97. The highest BCUT2D eigenvalue weighted by Crippen LogP contribution is 2.41. The van der Waals surface area contributed by atoms with Crippen molar-refractivity contribution in [3.63, 3.8) is 0 Å². The monoisotopic (exact) mass is 197 g/mol. The zero-order chi connectivity index (χ0) is 9.99. The predicted molar refractivity (Wildman–Crippen MR) is 62.6 cm³/mol. The lowest BCUT2D eigenvalue weighted by atomic mass is 10.1. The van der Waals surface area contributed by atoms with Crippen LogP contribution in [0.5, 0.6) is 0 Å². The molecule has 4 rings (SSSR count). The van der Waals surface area contributed by atoms with Gasteiger partial charge in [0.25, 0.3) is 0 Å². The van der Waals surface area contributed by atoms with Gasteiger partial charge in [-0.3, -0.25) is 0 Å². The van der Waals surface area contributed by atoms with Crippen LogP contribution in [-0.4, -0.2) is 4.57 Å². The van der Waals surface area contributed by atoms with Crippen LogP contribution in [-0.2, 0) is 7.05 Å². The Kier molecular flexibility index (Phi) is 1.31. The molecule has 2 atom stereocenters. The van der Waals surface area contributed by atoms with Crippen LogP contribution in [0.25, 0.3) is 24.3 Å². The zero-order valence-corrected chi connectivity index (χ0v) is 9.03. The summed E-state index contributed by atoms with van der Waals surface area (Å²) in [4.78, 5) is 0. The summed E-state index contributed by atoms with van der Waals surface area (Å²) >= 11 is 0. The van der Waals surface area contributed by atoms with Gasteiger partial charge in [0.1, 0.15) is 0 Å². The van der Waals surface area contributed by atoms with Crippen molar-refractivity contribution in [1.82, 2.24) is 4.57 Å². The SMILES string of the molecule is Cn1c2c(c3c1=CC1CC1C=3)=CCCC=2. The fourth-order valence-electron chi connectivity index (χ4n) is 3.09. The van der Waals surface area contributed by atoms with Crippen molar-refractivity contribution in [1.29, 1.82) is 0 Å². The topological polar surface area (TPSA) is 4.93 Å². The van der Waals surface area contributed by atoms with Crippen molar-refractivity contribution in [2.45, 2.75) is 19.3 Å².